The Kier molecular flexibility index (Phi) is 10.7. The van der Waals surface area contributed by atoms with Gasteiger partial charge in [0.2, 0.25) is 5.89 Å². The first-order chi connectivity index (χ1) is 13.6. The van der Waals surface area contributed by atoms with Crippen LogP contribution in [0.2, 0.25) is 0 Å². The summed E-state index contributed by atoms with van der Waals surface area (Å²) in [4.78, 5) is 11.5. The molecule has 29 heavy (non-hydrogen) atoms. The summed E-state index contributed by atoms with van der Waals surface area (Å²) in [6, 6.07) is 0.504. The number of guanidine groups is 1. The highest BCUT2D eigenvalue weighted by Gasteiger charge is 2.23. The summed E-state index contributed by atoms with van der Waals surface area (Å²) in [5.41, 5.74) is 0. The Morgan fingerprint density at radius 2 is 1.90 bits per heavy atom. The molecule has 1 aromatic rings. The fourth-order valence-electron chi connectivity index (χ4n) is 4.27. The molecule has 1 aliphatic carbocycles. The van der Waals surface area contributed by atoms with Crippen LogP contribution in [0.4, 0.5) is 0 Å². The maximum absolute atomic E-state index is 5.30. The van der Waals surface area contributed by atoms with Crippen LogP contribution in [0.3, 0.4) is 0 Å². The van der Waals surface area contributed by atoms with Gasteiger partial charge in [-0.25, -0.2) is 0 Å². The molecule has 1 saturated carbocycles. The van der Waals surface area contributed by atoms with Crippen molar-refractivity contribution in [2.45, 2.75) is 77.2 Å². The summed E-state index contributed by atoms with van der Waals surface area (Å²) < 4.78 is 5.30. The summed E-state index contributed by atoms with van der Waals surface area (Å²) in [7, 11) is 1.83. The van der Waals surface area contributed by atoms with Gasteiger partial charge >= 0.3 is 0 Å². The van der Waals surface area contributed by atoms with E-state index in [2.05, 4.69) is 44.5 Å². The highest BCUT2D eigenvalue weighted by atomic mass is 127. The number of aliphatic imine (C=N–C) groups is 1. The smallest absolute Gasteiger partial charge is 0.228 e. The molecule has 0 radical (unpaired) electrons. The maximum atomic E-state index is 5.30. The molecule has 1 saturated heterocycles. The van der Waals surface area contributed by atoms with Gasteiger partial charge in [0, 0.05) is 51.6 Å². The summed E-state index contributed by atoms with van der Waals surface area (Å²) >= 11 is 0. The lowest BCUT2D eigenvalue weighted by atomic mass is 9.88. The van der Waals surface area contributed by atoms with Crippen molar-refractivity contribution in [3.63, 3.8) is 0 Å². The first-order valence-electron chi connectivity index (χ1n) is 11.2. The van der Waals surface area contributed by atoms with E-state index in [0.29, 0.717) is 24.3 Å². The Morgan fingerprint density at radius 3 is 2.52 bits per heavy atom. The zero-order valence-electron chi connectivity index (χ0n) is 18.3. The molecule has 3 rings (SSSR count). The number of nitrogens with one attached hydrogen (secondary N) is 2. The fraction of sp³-hybridized carbons (Fsp3) is 0.857. The van der Waals surface area contributed by atoms with Crippen LogP contribution in [-0.2, 0) is 6.42 Å². The molecular weight excluding hydrogens is 479 g/mol. The van der Waals surface area contributed by atoms with E-state index in [-0.39, 0.29) is 24.0 Å². The standard InChI is InChI=1S/C21H38N6O.HI/c1-16(2)20-25-19(28-26-20)9-12-23-21(22-3)24-18-10-13-27(14-11-18)15-17-7-5-4-6-8-17;/h16-18H,4-15H2,1-3H3,(H2,22,23,24);1H. The van der Waals surface area contributed by atoms with Gasteiger partial charge in [-0.15, -0.1) is 24.0 Å². The lowest BCUT2D eigenvalue weighted by Gasteiger charge is -2.36. The van der Waals surface area contributed by atoms with Crippen LogP contribution in [0.25, 0.3) is 0 Å². The number of piperidine rings is 1. The van der Waals surface area contributed by atoms with E-state index >= 15 is 0 Å². The highest BCUT2D eigenvalue weighted by molar-refractivity contribution is 14.0. The molecule has 2 fully saturated rings. The van der Waals surface area contributed by atoms with Gasteiger partial charge in [0.25, 0.3) is 0 Å². The predicted molar refractivity (Wildman–Crippen MR) is 128 cm³/mol. The molecule has 0 amide bonds. The number of halogens is 1. The van der Waals surface area contributed by atoms with Crippen molar-refractivity contribution in [1.29, 1.82) is 0 Å². The summed E-state index contributed by atoms with van der Waals surface area (Å²) in [5, 5.41) is 11.0. The monoisotopic (exact) mass is 518 g/mol. The van der Waals surface area contributed by atoms with Crippen molar-refractivity contribution >= 4 is 29.9 Å². The van der Waals surface area contributed by atoms with Gasteiger partial charge < -0.3 is 20.1 Å². The third kappa shape index (κ3) is 8.03. The van der Waals surface area contributed by atoms with Gasteiger partial charge in [-0.05, 0) is 31.6 Å². The topological polar surface area (TPSA) is 78.6 Å². The van der Waals surface area contributed by atoms with Gasteiger partial charge in [0.1, 0.15) is 0 Å². The lowest BCUT2D eigenvalue weighted by molar-refractivity contribution is 0.160. The second-order valence-electron chi connectivity index (χ2n) is 8.67. The Hall–Kier alpha value is -0.900. The Bertz CT molecular complexity index is 606. The molecule has 166 valence electrons. The minimum atomic E-state index is 0. The Morgan fingerprint density at radius 1 is 1.17 bits per heavy atom. The molecule has 0 bridgehead atoms. The quantitative estimate of drug-likeness (QED) is 0.327. The predicted octanol–water partition coefficient (Wildman–Crippen LogP) is 3.56. The largest absolute Gasteiger partial charge is 0.356 e. The van der Waals surface area contributed by atoms with Crippen LogP contribution in [0, 0.1) is 5.92 Å². The minimum Gasteiger partial charge on any atom is -0.356 e. The van der Waals surface area contributed by atoms with Gasteiger partial charge in [-0.2, -0.15) is 4.98 Å². The number of aromatic nitrogens is 2. The highest BCUT2D eigenvalue weighted by Crippen LogP contribution is 2.25. The van der Waals surface area contributed by atoms with Gasteiger partial charge in [0.15, 0.2) is 11.8 Å². The molecule has 0 spiro atoms. The van der Waals surface area contributed by atoms with Crippen molar-refractivity contribution in [3.8, 4) is 0 Å². The van der Waals surface area contributed by atoms with Crippen LogP contribution >= 0.6 is 24.0 Å². The normalized spacial score (nSPS) is 19.9. The molecule has 2 N–H and O–H groups in total. The molecule has 1 aliphatic heterocycles. The third-order valence-electron chi connectivity index (χ3n) is 6.02. The van der Waals surface area contributed by atoms with Crippen LogP contribution in [-0.4, -0.2) is 60.3 Å². The number of hydrogen-bond acceptors (Lipinski definition) is 5. The van der Waals surface area contributed by atoms with Gasteiger partial charge in [-0.3, -0.25) is 4.99 Å². The summed E-state index contributed by atoms with van der Waals surface area (Å²) in [5.74, 6) is 3.56. The maximum Gasteiger partial charge on any atom is 0.228 e. The van der Waals surface area contributed by atoms with E-state index in [1.165, 1.54) is 64.6 Å². The van der Waals surface area contributed by atoms with Crippen molar-refractivity contribution in [2.75, 3.05) is 33.2 Å². The van der Waals surface area contributed by atoms with E-state index in [0.717, 1.165) is 24.2 Å². The molecule has 1 aromatic heterocycles. The second-order valence-corrected chi connectivity index (χ2v) is 8.67. The van der Waals surface area contributed by atoms with Crippen molar-refractivity contribution in [2.24, 2.45) is 10.9 Å². The van der Waals surface area contributed by atoms with E-state index in [9.17, 15) is 0 Å². The van der Waals surface area contributed by atoms with Crippen molar-refractivity contribution in [1.82, 2.24) is 25.7 Å². The lowest BCUT2D eigenvalue weighted by Crippen LogP contribution is -2.49. The number of likely N-dealkylation sites (tertiary alicyclic amines) is 1. The molecule has 2 aliphatic rings. The Labute approximate surface area is 192 Å². The first kappa shape index (κ1) is 24.4. The van der Waals surface area contributed by atoms with E-state index in [1.54, 1.807) is 0 Å². The molecule has 2 heterocycles. The number of rotatable bonds is 7. The minimum absolute atomic E-state index is 0. The van der Waals surface area contributed by atoms with E-state index < -0.39 is 0 Å². The van der Waals surface area contributed by atoms with Gasteiger partial charge in [0.05, 0.1) is 0 Å². The number of nitrogens with zero attached hydrogens (tertiary/aromatic N) is 4. The molecular formula is C21H39IN6O. The van der Waals surface area contributed by atoms with Gasteiger partial charge in [-0.1, -0.05) is 38.3 Å². The van der Waals surface area contributed by atoms with Crippen molar-refractivity contribution in [3.05, 3.63) is 11.7 Å². The number of hydrogen-bond donors (Lipinski definition) is 2. The summed E-state index contributed by atoms with van der Waals surface area (Å²) in [6.07, 6.45) is 10.3. The van der Waals surface area contributed by atoms with E-state index in [4.69, 9.17) is 4.52 Å². The molecule has 0 unspecified atom stereocenters. The van der Waals surface area contributed by atoms with Crippen molar-refractivity contribution < 1.29 is 4.52 Å². The first-order valence-corrected chi connectivity index (χ1v) is 11.2. The molecule has 7 nitrogen and oxygen atoms in total. The van der Waals surface area contributed by atoms with Crippen LogP contribution in [0.15, 0.2) is 9.52 Å². The molecule has 0 aromatic carbocycles. The average molecular weight is 518 g/mol. The van der Waals surface area contributed by atoms with Crippen LogP contribution < -0.4 is 10.6 Å². The zero-order chi connectivity index (χ0) is 19.8. The summed E-state index contributed by atoms with van der Waals surface area (Å²) in [6.45, 7) is 8.58. The second kappa shape index (κ2) is 12.7. The Balaban J connectivity index is 0.00000300. The fourth-order valence-corrected chi connectivity index (χ4v) is 4.27. The third-order valence-corrected chi connectivity index (χ3v) is 6.02. The zero-order valence-corrected chi connectivity index (χ0v) is 20.7. The molecule has 0 atom stereocenters. The van der Waals surface area contributed by atoms with E-state index in [1.807, 2.05) is 7.05 Å². The SMILES string of the molecule is CN=C(NCCc1nc(C(C)C)no1)NC1CCN(CC2CCCCC2)CC1.I. The van der Waals surface area contributed by atoms with Crippen LogP contribution in [0.5, 0.6) is 0 Å². The van der Waals surface area contributed by atoms with Crippen LogP contribution in [0.1, 0.15) is 76.4 Å². The molecule has 8 heteroatoms. The average Bonchev–Trinajstić information content (AvgIpc) is 3.19.